The van der Waals surface area contributed by atoms with Gasteiger partial charge in [0.1, 0.15) is 29.5 Å². The summed E-state index contributed by atoms with van der Waals surface area (Å²) < 4.78 is 18.7. The van der Waals surface area contributed by atoms with E-state index in [1.165, 1.54) is 47.4 Å². The number of Topliss-reactive ketones (excluding diaryl/α,β-unsaturated/α-hetero) is 1. The van der Waals surface area contributed by atoms with Crippen molar-refractivity contribution in [1.29, 1.82) is 0 Å². The van der Waals surface area contributed by atoms with Crippen molar-refractivity contribution in [1.82, 2.24) is 0 Å². The molecule has 31 heavy (non-hydrogen) atoms. The van der Waals surface area contributed by atoms with Crippen LogP contribution in [0.1, 0.15) is 34.8 Å². The Balaban J connectivity index is 1.63. The van der Waals surface area contributed by atoms with Crippen molar-refractivity contribution in [2.24, 2.45) is 0 Å². The lowest BCUT2D eigenvalue weighted by molar-refractivity contribution is 0.0921. The third-order valence-corrected chi connectivity index (χ3v) is 5.27. The lowest BCUT2D eigenvalue weighted by Crippen LogP contribution is -2.29. The van der Waals surface area contributed by atoms with Crippen molar-refractivity contribution in [3.8, 4) is 11.5 Å². The Bertz CT molecular complexity index is 1100. The number of carbonyl (C=O) groups is 2. The van der Waals surface area contributed by atoms with Crippen LogP contribution in [0.15, 0.2) is 72.8 Å². The molecule has 3 aromatic carbocycles. The molecule has 0 aromatic heterocycles. The molecule has 1 heterocycles. The number of phenolic OH excluding ortho intramolecular Hbond substituents is 2. The van der Waals surface area contributed by atoms with Gasteiger partial charge in [-0.15, -0.1) is 0 Å². The number of ether oxygens (including phenoxy) is 1. The summed E-state index contributed by atoms with van der Waals surface area (Å²) in [4.78, 5) is 26.7. The van der Waals surface area contributed by atoms with Gasteiger partial charge in [-0.2, -0.15) is 0 Å². The molecule has 1 saturated heterocycles. The van der Waals surface area contributed by atoms with E-state index in [9.17, 15) is 24.2 Å². The number of carbonyl (C=O) groups excluding carboxylic acids is 2. The molecular formula is C24H20FNO5. The number of nitrogens with zero attached hydrogens (tertiary/aromatic N) is 1. The molecule has 0 saturated carbocycles. The quantitative estimate of drug-likeness (QED) is 0.549. The van der Waals surface area contributed by atoms with Gasteiger partial charge in [0, 0.05) is 29.3 Å². The number of aromatic hydroxyl groups is 2. The highest BCUT2D eigenvalue weighted by Gasteiger charge is 2.44. The summed E-state index contributed by atoms with van der Waals surface area (Å²) in [5.74, 6) is -0.926. The summed E-state index contributed by atoms with van der Waals surface area (Å²) in [6, 6.07) is 17.6. The van der Waals surface area contributed by atoms with Gasteiger partial charge in [0.15, 0.2) is 5.78 Å². The number of para-hydroxylation sites is 1. The number of rotatable bonds is 6. The summed E-state index contributed by atoms with van der Waals surface area (Å²) in [5.41, 5.74) is 1.35. The molecule has 2 atom stereocenters. The minimum Gasteiger partial charge on any atom is -0.508 e. The number of cyclic esters (lactones) is 1. The first-order chi connectivity index (χ1) is 14.9. The van der Waals surface area contributed by atoms with Gasteiger partial charge in [-0.1, -0.05) is 18.2 Å². The molecule has 0 spiro atoms. The molecule has 6 nitrogen and oxygen atoms in total. The summed E-state index contributed by atoms with van der Waals surface area (Å²) in [7, 11) is 0. The SMILES string of the molecule is O=C(CC[C@H]1OC(=O)N(c2ccccc2)[C@@H]1c1ccc(O)cc1O)c1ccc(F)cc1. The van der Waals surface area contributed by atoms with Crippen molar-refractivity contribution >= 4 is 17.6 Å². The minimum absolute atomic E-state index is 0.0710. The van der Waals surface area contributed by atoms with Gasteiger partial charge in [-0.3, -0.25) is 9.69 Å². The van der Waals surface area contributed by atoms with E-state index in [1.807, 2.05) is 6.07 Å². The van der Waals surface area contributed by atoms with Crippen molar-refractivity contribution in [2.75, 3.05) is 4.90 Å². The zero-order valence-electron chi connectivity index (χ0n) is 16.4. The van der Waals surface area contributed by atoms with E-state index in [2.05, 4.69) is 0 Å². The molecule has 1 amide bonds. The minimum atomic E-state index is -0.715. The van der Waals surface area contributed by atoms with E-state index in [0.29, 0.717) is 16.8 Å². The number of phenols is 2. The molecule has 158 valence electrons. The number of ketones is 1. The van der Waals surface area contributed by atoms with Crippen LogP contribution in [0.4, 0.5) is 14.9 Å². The van der Waals surface area contributed by atoms with Crippen LogP contribution in [0.5, 0.6) is 11.5 Å². The van der Waals surface area contributed by atoms with Crippen LogP contribution in [0.25, 0.3) is 0 Å². The van der Waals surface area contributed by atoms with E-state index in [0.717, 1.165) is 0 Å². The Kier molecular flexibility index (Phi) is 5.58. The van der Waals surface area contributed by atoms with Crippen LogP contribution in [0, 0.1) is 5.82 Å². The van der Waals surface area contributed by atoms with Gasteiger partial charge in [0.05, 0.1) is 0 Å². The fourth-order valence-electron chi connectivity index (χ4n) is 3.78. The van der Waals surface area contributed by atoms with Crippen LogP contribution in [0.2, 0.25) is 0 Å². The van der Waals surface area contributed by atoms with Gasteiger partial charge in [0.2, 0.25) is 0 Å². The standard InChI is InChI=1S/C24H20FNO5/c25-16-8-6-15(7-9-16)20(28)12-13-22-23(19-11-10-18(27)14-21(19)29)26(24(30)31-22)17-4-2-1-3-5-17/h1-11,14,22-23,27,29H,12-13H2/t22-,23-/m1/s1. The Morgan fingerprint density at radius 1 is 1.00 bits per heavy atom. The first-order valence-electron chi connectivity index (χ1n) is 9.79. The van der Waals surface area contributed by atoms with Crippen LogP contribution < -0.4 is 4.90 Å². The van der Waals surface area contributed by atoms with Crippen molar-refractivity contribution in [3.63, 3.8) is 0 Å². The highest BCUT2D eigenvalue weighted by atomic mass is 19.1. The summed E-state index contributed by atoms with van der Waals surface area (Å²) in [5, 5.41) is 20.1. The third kappa shape index (κ3) is 4.21. The van der Waals surface area contributed by atoms with Crippen LogP contribution in [-0.2, 0) is 4.74 Å². The highest BCUT2D eigenvalue weighted by Crippen LogP contribution is 2.43. The Labute approximate surface area is 178 Å². The van der Waals surface area contributed by atoms with Gasteiger partial charge >= 0.3 is 6.09 Å². The Hall–Kier alpha value is -3.87. The van der Waals surface area contributed by atoms with Crippen molar-refractivity contribution in [2.45, 2.75) is 25.0 Å². The molecule has 3 aromatic rings. The normalized spacial score (nSPS) is 18.1. The molecule has 7 heteroatoms. The average molecular weight is 421 g/mol. The molecule has 0 aliphatic carbocycles. The van der Waals surface area contributed by atoms with Gasteiger partial charge < -0.3 is 14.9 Å². The van der Waals surface area contributed by atoms with Crippen molar-refractivity contribution in [3.05, 3.63) is 89.7 Å². The second-order valence-corrected chi connectivity index (χ2v) is 7.28. The smallest absolute Gasteiger partial charge is 0.415 e. The predicted octanol–water partition coefficient (Wildman–Crippen LogP) is 4.97. The lowest BCUT2D eigenvalue weighted by Gasteiger charge is -2.25. The zero-order chi connectivity index (χ0) is 22.0. The first kappa shape index (κ1) is 20.4. The number of hydrogen-bond acceptors (Lipinski definition) is 5. The monoisotopic (exact) mass is 421 g/mol. The molecular weight excluding hydrogens is 401 g/mol. The molecule has 1 aliphatic rings. The van der Waals surface area contributed by atoms with Gasteiger partial charge in [-0.25, -0.2) is 9.18 Å². The van der Waals surface area contributed by atoms with Crippen molar-refractivity contribution < 1.29 is 28.9 Å². The number of halogens is 1. The van der Waals surface area contributed by atoms with Gasteiger partial charge in [-0.05, 0) is 55.0 Å². The molecule has 4 rings (SSSR count). The topological polar surface area (TPSA) is 87.1 Å². The summed E-state index contributed by atoms with van der Waals surface area (Å²) in [6.45, 7) is 0. The second-order valence-electron chi connectivity index (χ2n) is 7.28. The molecule has 0 unspecified atom stereocenters. The van der Waals surface area contributed by atoms with E-state index in [-0.39, 0.29) is 30.1 Å². The maximum Gasteiger partial charge on any atom is 0.415 e. The number of amides is 1. The maximum absolute atomic E-state index is 13.1. The average Bonchev–Trinajstić information content (AvgIpc) is 3.09. The van der Waals surface area contributed by atoms with Gasteiger partial charge in [0.25, 0.3) is 0 Å². The van der Waals surface area contributed by atoms with E-state index in [4.69, 9.17) is 4.74 Å². The van der Waals surface area contributed by atoms with Crippen LogP contribution in [0.3, 0.4) is 0 Å². The first-order valence-corrected chi connectivity index (χ1v) is 9.79. The number of hydrogen-bond donors (Lipinski definition) is 2. The van der Waals surface area contributed by atoms with Crippen LogP contribution >= 0.6 is 0 Å². The van der Waals surface area contributed by atoms with E-state index < -0.39 is 24.1 Å². The molecule has 2 N–H and O–H groups in total. The predicted molar refractivity (Wildman–Crippen MR) is 112 cm³/mol. The summed E-state index contributed by atoms with van der Waals surface area (Å²) in [6.07, 6.45) is -1.03. The Morgan fingerprint density at radius 3 is 2.39 bits per heavy atom. The Morgan fingerprint density at radius 2 is 1.71 bits per heavy atom. The molecule has 1 aliphatic heterocycles. The number of anilines is 1. The molecule has 1 fully saturated rings. The fraction of sp³-hybridized carbons (Fsp3) is 0.167. The molecule has 0 radical (unpaired) electrons. The number of benzene rings is 3. The molecule has 0 bridgehead atoms. The second kappa shape index (κ2) is 8.47. The van der Waals surface area contributed by atoms with E-state index in [1.54, 1.807) is 24.3 Å². The summed E-state index contributed by atoms with van der Waals surface area (Å²) >= 11 is 0. The lowest BCUT2D eigenvalue weighted by atomic mass is 9.94. The van der Waals surface area contributed by atoms with E-state index >= 15 is 0 Å². The largest absolute Gasteiger partial charge is 0.508 e. The highest BCUT2D eigenvalue weighted by molar-refractivity contribution is 5.96. The third-order valence-electron chi connectivity index (χ3n) is 5.27. The van der Waals surface area contributed by atoms with Crippen LogP contribution in [-0.4, -0.2) is 28.2 Å². The maximum atomic E-state index is 13.1. The fourth-order valence-corrected chi connectivity index (χ4v) is 3.78. The zero-order valence-corrected chi connectivity index (χ0v) is 16.4.